The van der Waals surface area contributed by atoms with E-state index in [-0.39, 0.29) is 17.7 Å². The molecule has 7 heteroatoms. The Balaban J connectivity index is 1.74. The molecule has 0 spiro atoms. The van der Waals surface area contributed by atoms with Crippen molar-refractivity contribution in [3.63, 3.8) is 0 Å². The van der Waals surface area contributed by atoms with E-state index in [0.717, 1.165) is 19.3 Å². The Labute approximate surface area is 131 Å². The Morgan fingerprint density at radius 1 is 1.43 bits per heavy atom. The first-order valence-corrected chi connectivity index (χ1v) is 7.89. The molecule has 2 aromatic rings. The van der Waals surface area contributed by atoms with Crippen molar-refractivity contribution in [2.75, 3.05) is 10.6 Å². The van der Waals surface area contributed by atoms with Crippen LogP contribution in [-0.2, 0) is 4.79 Å². The molecule has 0 radical (unpaired) electrons. The van der Waals surface area contributed by atoms with Gasteiger partial charge >= 0.3 is 0 Å². The van der Waals surface area contributed by atoms with Gasteiger partial charge in [0.15, 0.2) is 5.13 Å². The van der Waals surface area contributed by atoms with E-state index in [2.05, 4.69) is 15.6 Å². The van der Waals surface area contributed by atoms with E-state index in [0.29, 0.717) is 21.5 Å². The maximum absolute atomic E-state index is 11.9. The van der Waals surface area contributed by atoms with Crippen molar-refractivity contribution in [2.45, 2.75) is 19.3 Å². The highest BCUT2D eigenvalue weighted by atomic mass is 35.5. The van der Waals surface area contributed by atoms with Gasteiger partial charge in [-0.3, -0.25) is 4.79 Å². The van der Waals surface area contributed by atoms with Crippen molar-refractivity contribution in [1.29, 1.82) is 0 Å². The van der Waals surface area contributed by atoms with Gasteiger partial charge in [-0.1, -0.05) is 18.0 Å². The molecule has 0 aliphatic heterocycles. The highest BCUT2D eigenvalue weighted by molar-refractivity contribution is 7.14. The molecule has 0 bridgehead atoms. The molecule has 3 rings (SSSR count). The molecule has 5 nitrogen and oxygen atoms in total. The zero-order chi connectivity index (χ0) is 14.8. The number of halogens is 1. The van der Waals surface area contributed by atoms with Crippen molar-refractivity contribution in [2.24, 2.45) is 5.92 Å². The smallest absolute Gasteiger partial charge is 0.227 e. The molecule has 1 aromatic carbocycles. The van der Waals surface area contributed by atoms with E-state index in [4.69, 9.17) is 11.6 Å². The Bertz CT molecular complexity index is 670. The second-order valence-corrected chi connectivity index (χ2v) is 6.21. The summed E-state index contributed by atoms with van der Waals surface area (Å²) in [6.45, 7) is 0. The van der Waals surface area contributed by atoms with Gasteiger partial charge in [0.1, 0.15) is 0 Å². The van der Waals surface area contributed by atoms with E-state index < -0.39 is 0 Å². The number of carbonyl (C=O) groups excluding carboxylic acids is 1. The average Bonchev–Trinajstić information content (AvgIpc) is 2.77. The number of benzene rings is 1. The Morgan fingerprint density at radius 3 is 2.86 bits per heavy atom. The lowest BCUT2D eigenvalue weighted by atomic mass is 9.85. The Morgan fingerprint density at radius 2 is 2.24 bits per heavy atom. The van der Waals surface area contributed by atoms with Gasteiger partial charge < -0.3 is 15.7 Å². The van der Waals surface area contributed by atoms with E-state index >= 15 is 0 Å². The average molecular weight is 324 g/mol. The minimum Gasteiger partial charge on any atom is -0.493 e. The molecular weight excluding hydrogens is 310 g/mol. The number of hydrogen-bond donors (Lipinski definition) is 3. The molecule has 1 aromatic heterocycles. The monoisotopic (exact) mass is 323 g/mol. The molecule has 1 aliphatic rings. The first-order chi connectivity index (χ1) is 10.1. The maximum atomic E-state index is 11.9. The van der Waals surface area contributed by atoms with Gasteiger partial charge in [-0.05, 0) is 31.0 Å². The predicted molar refractivity (Wildman–Crippen MR) is 84.5 cm³/mol. The van der Waals surface area contributed by atoms with Gasteiger partial charge in [0.25, 0.3) is 0 Å². The SMILES string of the molecule is O=C(Nc1ccc(Cl)c(Nc2nc(O)cs2)c1)C1CCC1. The maximum Gasteiger partial charge on any atom is 0.227 e. The van der Waals surface area contributed by atoms with Gasteiger partial charge in [0, 0.05) is 11.6 Å². The molecule has 1 heterocycles. The normalized spacial score (nSPS) is 14.5. The number of nitrogens with one attached hydrogen (secondary N) is 2. The van der Waals surface area contributed by atoms with Crippen LogP contribution in [0, 0.1) is 5.92 Å². The summed E-state index contributed by atoms with van der Waals surface area (Å²) in [7, 11) is 0. The van der Waals surface area contributed by atoms with Crippen molar-refractivity contribution in [3.05, 3.63) is 28.6 Å². The number of carbonyl (C=O) groups is 1. The first-order valence-electron chi connectivity index (χ1n) is 6.64. The topological polar surface area (TPSA) is 74.2 Å². The molecular formula is C14H14ClN3O2S. The summed E-state index contributed by atoms with van der Waals surface area (Å²) < 4.78 is 0. The molecule has 0 saturated heterocycles. The molecule has 110 valence electrons. The van der Waals surface area contributed by atoms with E-state index in [1.54, 1.807) is 18.2 Å². The number of hydrogen-bond acceptors (Lipinski definition) is 5. The van der Waals surface area contributed by atoms with E-state index in [1.807, 2.05) is 0 Å². The molecule has 0 unspecified atom stereocenters. The third-order valence-electron chi connectivity index (χ3n) is 3.44. The number of aromatic nitrogens is 1. The van der Waals surface area contributed by atoms with Crippen LogP contribution < -0.4 is 10.6 Å². The summed E-state index contributed by atoms with van der Waals surface area (Å²) >= 11 is 7.40. The van der Waals surface area contributed by atoms with Crippen molar-refractivity contribution in [3.8, 4) is 5.88 Å². The van der Waals surface area contributed by atoms with Crippen LogP contribution in [0.25, 0.3) is 0 Å². The van der Waals surface area contributed by atoms with Crippen LogP contribution in [0.1, 0.15) is 19.3 Å². The fraction of sp³-hybridized carbons (Fsp3) is 0.286. The van der Waals surface area contributed by atoms with Gasteiger partial charge in [-0.15, -0.1) is 11.3 Å². The fourth-order valence-electron chi connectivity index (χ4n) is 2.05. The minimum atomic E-state index is -0.0342. The molecule has 1 fully saturated rings. The summed E-state index contributed by atoms with van der Waals surface area (Å²) in [5.41, 5.74) is 1.33. The number of aromatic hydroxyl groups is 1. The third-order valence-corrected chi connectivity index (χ3v) is 4.52. The largest absolute Gasteiger partial charge is 0.493 e. The van der Waals surface area contributed by atoms with Crippen LogP contribution in [-0.4, -0.2) is 16.0 Å². The molecule has 0 atom stereocenters. The number of amides is 1. The number of nitrogens with zero attached hydrogens (tertiary/aromatic N) is 1. The summed E-state index contributed by atoms with van der Waals surface area (Å²) in [4.78, 5) is 15.9. The van der Waals surface area contributed by atoms with E-state index in [9.17, 15) is 9.90 Å². The number of rotatable bonds is 4. The Kier molecular flexibility index (Phi) is 3.98. The quantitative estimate of drug-likeness (QED) is 0.795. The van der Waals surface area contributed by atoms with Gasteiger partial charge in [-0.25, -0.2) is 0 Å². The van der Waals surface area contributed by atoms with Gasteiger partial charge in [0.2, 0.25) is 11.8 Å². The number of thiazole rings is 1. The summed E-state index contributed by atoms with van der Waals surface area (Å²) in [6.07, 6.45) is 3.05. The van der Waals surface area contributed by atoms with Crippen molar-refractivity contribution < 1.29 is 9.90 Å². The van der Waals surface area contributed by atoms with Crippen molar-refractivity contribution >= 4 is 45.4 Å². The van der Waals surface area contributed by atoms with Crippen molar-refractivity contribution in [1.82, 2.24) is 4.98 Å². The molecule has 1 aliphatic carbocycles. The lowest BCUT2D eigenvalue weighted by molar-refractivity contribution is -0.122. The summed E-state index contributed by atoms with van der Waals surface area (Å²) in [5.74, 6) is 0.155. The van der Waals surface area contributed by atoms with Crippen LogP contribution in [0.15, 0.2) is 23.6 Å². The molecule has 1 amide bonds. The Hall–Kier alpha value is -1.79. The lowest BCUT2D eigenvalue weighted by Crippen LogP contribution is -2.28. The zero-order valence-corrected chi connectivity index (χ0v) is 12.7. The number of anilines is 3. The standard InChI is InChI=1S/C14H14ClN3O2S/c15-10-5-4-9(16-13(20)8-2-1-3-8)6-11(10)17-14-18-12(19)7-21-14/h4-8,19H,1-3H2,(H,16,20)(H,17,18). The minimum absolute atomic E-state index is 0.0342. The lowest BCUT2D eigenvalue weighted by Gasteiger charge is -2.24. The first kappa shape index (κ1) is 14.2. The van der Waals surface area contributed by atoms with E-state index in [1.165, 1.54) is 16.7 Å². The fourth-order valence-corrected chi connectivity index (χ4v) is 2.80. The highest BCUT2D eigenvalue weighted by Gasteiger charge is 2.25. The van der Waals surface area contributed by atoms with Crippen LogP contribution >= 0.6 is 22.9 Å². The van der Waals surface area contributed by atoms with Gasteiger partial charge in [-0.2, -0.15) is 4.98 Å². The molecule has 21 heavy (non-hydrogen) atoms. The second kappa shape index (κ2) is 5.91. The zero-order valence-electron chi connectivity index (χ0n) is 11.1. The van der Waals surface area contributed by atoms with Crippen LogP contribution in [0.2, 0.25) is 5.02 Å². The van der Waals surface area contributed by atoms with Crippen LogP contribution in [0.3, 0.4) is 0 Å². The second-order valence-electron chi connectivity index (χ2n) is 4.95. The highest BCUT2D eigenvalue weighted by Crippen LogP contribution is 2.32. The summed E-state index contributed by atoms with van der Waals surface area (Å²) in [5, 5.41) is 17.7. The predicted octanol–water partition coefficient (Wildman–Crippen LogP) is 3.98. The molecule has 3 N–H and O–H groups in total. The summed E-state index contributed by atoms with van der Waals surface area (Å²) in [6, 6.07) is 5.24. The van der Waals surface area contributed by atoms with Crippen LogP contribution in [0.5, 0.6) is 5.88 Å². The van der Waals surface area contributed by atoms with Crippen LogP contribution in [0.4, 0.5) is 16.5 Å². The van der Waals surface area contributed by atoms with Gasteiger partial charge in [0.05, 0.1) is 16.1 Å². The molecule has 1 saturated carbocycles. The third kappa shape index (κ3) is 3.28.